The van der Waals surface area contributed by atoms with Crippen LogP contribution in [0, 0.1) is 0 Å². The van der Waals surface area contributed by atoms with Crippen molar-refractivity contribution in [3.05, 3.63) is 30.3 Å². The van der Waals surface area contributed by atoms with Gasteiger partial charge >= 0.3 is 0 Å². The van der Waals surface area contributed by atoms with Crippen molar-refractivity contribution in [3.8, 4) is 5.75 Å². The molecule has 0 aromatic heterocycles. The summed E-state index contributed by atoms with van der Waals surface area (Å²) in [6.45, 7) is 3.07. The summed E-state index contributed by atoms with van der Waals surface area (Å²) in [5.41, 5.74) is 2.90. The highest BCUT2D eigenvalue weighted by atomic mass is 16.6. The van der Waals surface area contributed by atoms with E-state index < -0.39 is 0 Å². The Morgan fingerprint density at radius 2 is 2.00 bits per heavy atom. The van der Waals surface area contributed by atoms with E-state index in [2.05, 4.69) is 12.4 Å². The molecule has 0 saturated heterocycles. The summed E-state index contributed by atoms with van der Waals surface area (Å²) in [5, 5.41) is 0. The van der Waals surface area contributed by atoms with Crippen molar-refractivity contribution in [2.75, 3.05) is 6.54 Å². The van der Waals surface area contributed by atoms with Crippen LogP contribution in [-0.4, -0.2) is 6.54 Å². The molecule has 1 aromatic carbocycles. The molecule has 2 heteroatoms. The van der Waals surface area contributed by atoms with Crippen molar-refractivity contribution in [2.24, 2.45) is 0 Å². The topological polar surface area (TPSA) is 21.3 Å². The van der Waals surface area contributed by atoms with E-state index in [9.17, 15) is 0 Å². The smallest absolute Gasteiger partial charge is 0.147 e. The van der Waals surface area contributed by atoms with Gasteiger partial charge in [-0.2, -0.15) is 5.48 Å². The lowest BCUT2D eigenvalue weighted by molar-refractivity contribution is 0.194. The quantitative estimate of drug-likeness (QED) is 0.534. The van der Waals surface area contributed by atoms with Gasteiger partial charge in [0.1, 0.15) is 5.75 Å². The maximum atomic E-state index is 5.26. The first-order valence-corrected chi connectivity index (χ1v) is 4.38. The number of benzene rings is 1. The van der Waals surface area contributed by atoms with Gasteiger partial charge in [0.25, 0.3) is 0 Å². The van der Waals surface area contributed by atoms with Crippen LogP contribution >= 0.6 is 0 Å². The first-order valence-electron chi connectivity index (χ1n) is 4.38. The molecule has 0 aliphatic carbocycles. The normalized spacial score (nSPS) is 9.75. The number of para-hydroxylation sites is 1. The summed E-state index contributed by atoms with van der Waals surface area (Å²) in [5.74, 6) is 0.869. The van der Waals surface area contributed by atoms with E-state index in [0.29, 0.717) is 0 Å². The zero-order valence-corrected chi connectivity index (χ0v) is 7.42. The third-order valence-electron chi connectivity index (χ3n) is 1.57. The number of hydrogen-bond acceptors (Lipinski definition) is 2. The maximum absolute atomic E-state index is 5.26. The van der Waals surface area contributed by atoms with Gasteiger partial charge in [-0.1, -0.05) is 31.5 Å². The standard InChI is InChI=1S/C10H15NO/c1-2-3-9-11-12-10-7-5-4-6-8-10/h4-8,11H,2-3,9H2,1H3. The van der Waals surface area contributed by atoms with Gasteiger partial charge in [-0.15, -0.1) is 0 Å². The van der Waals surface area contributed by atoms with Crippen molar-refractivity contribution in [2.45, 2.75) is 19.8 Å². The average molecular weight is 165 g/mol. The van der Waals surface area contributed by atoms with Crippen LogP contribution in [0.2, 0.25) is 0 Å². The van der Waals surface area contributed by atoms with Crippen molar-refractivity contribution in [1.29, 1.82) is 0 Å². The zero-order valence-electron chi connectivity index (χ0n) is 7.42. The summed E-state index contributed by atoms with van der Waals surface area (Å²) in [6.07, 6.45) is 2.33. The minimum Gasteiger partial charge on any atom is -0.409 e. The number of nitrogens with one attached hydrogen (secondary N) is 1. The van der Waals surface area contributed by atoms with Gasteiger partial charge in [0.05, 0.1) is 0 Å². The van der Waals surface area contributed by atoms with E-state index >= 15 is 0 Å². The molecule has 0 radical (unpaired) electrons. The fraction of sp³-hybridized carbons (Fsp3) is 0.400. The third-order valence-corrected chi connectivity index (χ3v) is 1.57. The Hall–Kier alpha value is -1.02. The van der Waals surface area contributed by atoms with E-state index in [1.54, 1.807) is 0 Å². The van der Waals surface area contributed by atoms with Gasteiger partial charge in [0.2, 0.25) is 0 Å². The molecule has 0 unspecified atom stereocenters. The Balaban J connectivity index is 2.16. The Morgan fingerprint density at radius 1 is 1.25 bits per heavy atom. The maximum Gasteiger partial charge on any atom is 0.147 e. The molecule has 0 heterocycles. The summed E-state index contributed by atoms with van der Waals surface area (Å²) >= 11 is 0. The lowest BCUT2D eigenvalue weighted by Gasteiger charge is -2.05. The minimum absolute atomic E-state index is 0.869. The predicted octanol–water partition coefficient (Wildman–Crippen LogP) is 2.37. The lowest BCUT2D eigenvalue weighted by Crippen LogP contribution is -2.19. The van der Waals surface area contributed by atoms with Crippen molar-refractivity contribution in [3.63, 3.8) is 0 Å². The van der Waals surface area contributed by atoms with Crippen LogP contribution in [0.15, 0.2) is 30.3 Å². The molecule has 0 amide bonds. The molecule has 0 atom stereocenters. The second-order valence-corrected chi connectivity index (χ2v) is 2.66. The molecule has 0 bridgehead atoms. The Bertz CT molecular complexity index is 198. The van der Waals surface area contributed by atoms with Gasteiger partial charge in [-0.25, -0.2) is 0 Å². The van der Waals surface area contributed by atoms with Crippen molar-refractivity contribution in [1.82, 2.24) is 5.48 Å². The SMILES string of the molecule is CCCCNOc1ccccc1. The highest BCUT2D eigenvalue weighted by Gasteiger charge is 1.88. The Kier molecular flexibility index (Phi) is 4.24. The van der Waals surface area contributed by atoms with Crippen LogP contribution in [0.4, 0.5) is 0 Å². The monoisotopic (exact) mass is 165 g/mol. The van der Waals surface area contributed by atoms with E-state index in [1.807, 2.05) is 30.3 Å². The van der Waals surface area contributed by atoms with Crippen LogP contribution in [0.3, 0.4) is 0 Å². The van der Waals surface area contributed by atoms with Gasteiger partial charge in [-0.05, 0) is 18.6 Å². The van der Waals surface area contributed by atoms with E-state index in [4.69, 9.17) is 4.84 Å². The summed E-state index contributed by atoms with van der Waals surface area (Å²) in [7, 11) is 0. The second-order valence-electron chi connectivity index (χ2n) is 2.66. The molecule has 0 aliphatic rings. The largest absolute Gasteiger partial charge is 0.409 e. The van der Waals surface area contributed by atoms with Gasteiger partial charge < -0.3 is 4.84 Å². The molecule has 2 nitrogen and oxygen atoms in total. The average Bonchev–Trinajstić information content (AvgIpc) is 2.14. The molecular weight excluding hydrogens is 150 g/mol. The summed E-state index contributed by atoms with van der Waals surface area (Å²) in [4.78, 5) is 5.26. The fourth-order valence-electron chi connectivity index (χ4n) is 0.872. The number of rotatable bonds is 5. The van der Waals surface area contributed by atoms with Crippen molar-refractivity contribution < 1.29 is 4.84 Å². The molecule has 0 aliphatic heterocycles. The van der Waals surface area contributed by atoms with Gasteiger partial charge in [0, 0.05) is 6.54 Å². The number of hydrogen-bond donors (Lipinski definition) is 1. The fourth-order valence-corrected chi connectivity index (χ4v) is 0.872. The highest BCUT2D eigenvalue weighted by molar-refractivity contribution is 5.20. The van der Waals surface area contributed by atoms with Crippen LogP contribution in [0.1, 0.15) is 19.8 Å². The Morgan fingerprint density at radius 3 is 2.67 bits per heavy atom. The van der Waals surface area contributed by atoms with Crippen LogP contribution in [0.5, 0.6) is 5.75 Å². The van der Waals surface area contributed by atoms with Crippen molar-refractivity contribution >= 4 is 0 Å². The molecule has 66 valence electrons. The molecule has 0 spiro atoms. The molecular formula is C10H15NO. The van der Waals surface area contributed by atoms with E-state index in [1.165, 1.54) is 6.42 Å². The predicted molar refractivity (Wildman–Crippen MR) is 50.0 cm³/mol. The van der Waals surface area contributed by atoms with E-state index in [0.717, 1.165) is 18.7 Å². The third kappa shape index (κ3) is 3.39. The summed E-state index contributed by atoms with van der Waals surface area (Å²) in [6, 6.07) is 9.74. The molecule has 0 fully saturated rings. The molecule has 1 aromatic rings. The highest BCUT2D eigenvalue weighted by Crippen LogP contribution is 2.06. The molecule has 12 heavy (non-hydrogen) atoms. The van der Waals surface area contributed by atoms with E-state index in [-0.39, 0.29) is 0 Å². The number of unbranched alkanes of at least 4 members (excludes halogenated alkanes) is 1. The molecule has 1 N–H and O–H groups in total. The van der Waals surface area contributed by atoms with Crippen LogP contribution in [-0.2, 0) is 0 Å². The van der Waals surface area contributed by atoms with Crippen LogP contribution < -0.4 is 10.3 Å². The van der Waals surface area contributed by atoms with Crippen LogP contribution in [0.25, 0.3) is 0 Å². The van der Waals surface area contributed by atoms with Gasteiger partial charge in [0.15, 0.2) is 0 Å². The second kappa shape index (κ2) is 5.61. The number of hydroxylamine groups is 1. The minimum atomic E-state index is 0.869. The zero-order chi connectivity index (χ0) is 8.65. The molecule has 1 rings (SSSR count). The molecule has 0 saturated carbocycles. The Labute approximate surface area is 73.5 Å². The lowest BCUT2D eigenvalue weighted by atomic mass is 10.3. The summed E-state index contributed by atoms with van der Waals surface area (Å²) < 4.78 is 0. The van der Waals surface area contributed by atoms with Gasteiger partial charge in [-0.3, -0.25) is 0 Å². The first-order chi connectivity index (χ1) is 5.93. The first kappa shape index (κ1) is 9.07.